The Morgan fingerprint density at radius 3 is 2.82 bits per heavy atom. The Bertz CT molecular complexity index is 221. The molecular formula is C6H11N3O2. The van der Waals surface area contributed by atoms with Crippen LogP contribution < -0.4 is 10.5 Å². The van der Waals surface area contributed by atoms with Gasteiger partial charge in [-0.25, -0.2) is 4.63 Å². The molecule has 1 atom stereocenters. The van der Waals surface area contributed by atoms with Crippen molar-refractivity contribution in [2.45, 2.75) is 19.9 Å². The first-order valence-electron chi connectivity index (χ1n) is 3.37. The molecule has 0 saturated carbocycles. The summed E-state index contributed by atoms with van der Waals surface area (Å²) in [6, 6.07) is -0.00824. The Hall–Kier alpha value is -1.10. The van der Waals surface area contributed by atoms with Crippen molar-refractivity contribution >= 4 is 0 Å². The van der Waals surface area contributed by atoms with Gasteiger partial charge in [0.25, 0.3) is 5.88 Å². The first-order chi connectivity index (χ1) is 5.20. The van der Waals surface area contributed by atoms with Crippen molar-refractivity contribution in [1.82, 2.24) is 10.3 Å². The molecule has 0 radical (unpaired) electrons. The molecule has 2 N–H and O–H groups in total. The zero-order valence-electron chi connectivity index (χ0n) is 6.57. The largest absolute Gasteiger partial charge is 0.473 e. The second-order valence-corrected chi connectivity index (χ2v) is 2.44. The van der Waals surface area contributed by atoms with E-state index in [1.165, 1.54) is 0 Å². The van der Waals surface area contributed by atoms with Crippen LogP contribution in [0.15, 0.2) is 4.63 Å². The molecule has 0 amide bonds. The van der Waals surface area contributed by atoms with Crippen molar-refractivity contribution < 1.29 is 9.37 Å². The fraction of sp³-hybridized carbons (Fsp3) is 0.667. The van der Waals surface area contributed by atoms with Crippen LogP contribution in [0.4, 0.5) is 0 Å². The minimum atomic E-state index is -0.00824. The van der Waals surface area contributed by atoms with Gasteiger partial charge < -0.3 is 10.5 Å². The van der Waals surface area contributed by atoms with E-state index in [-0.39, 0.29) is 6.04 Å². The van der Waals surface area contributed by atoms with Gasteiger partial charge in [0.05, 0.1) is 0 Å². The first kappa shape index (κ1) is 8.00. The van der Waals surface area contributed by atoms with Crippen molar-refractivity contribution in [3.05, 3.63) is 5.69 Å². The van der Waals surface area contributed by atoms with E-state index in [1.807, 2.05) is 6.92 Å². The molecule has 0 spiro atoms. The number of rotatable bonds is 3. The summed E-state index contributed by atoms with van der Waals surface area (Å²) in [5, 5.41) is 7.07. The van der Waals surface area contributed by atoms with Gasteiger partial charge >= 0.3 is 0 Å². The summed E-state index contributed by atoms with van der Waals surface area (Å²) < 4.78 is 9.56. The van der Waals surface area contributed by atoms with Gasteiger partial charge in [-0.2, -0.15) is 0 Å². The van der Waals surface area contributed by atoms with Gasteiger partial charge in [0, 0.05) is 6.04 Å². The van der Waals surface area contributed by atoms with E-state index in [2.05, 4.69) is 14.9 Å². The highest BCUT2D eigenvalue weighted by Crippen LogP contribution is 2.09. The number of nitrogens with two attached hydrogens (primary N) is 1. The molecule has 1 aromatic heterocycles. The van der Waals surface area contributed by atoms with Gasteiger partial charge in [0.1, 0.15) is 12.3 Å². The van der Waals surface area contributed by atoms with E-state index in [4.69, 9.17) is 10.5 Å². The summed E-state index contributed by atoms with van der Waals surface area (Å²) in [6.45, 7) is 4.03. The third-order valence-corrected chi connectivity index (χ3v) is 1.09. The third kappa shape index (κ3) is 2.19. The Morgan fingerprint density at radius 2 is 2.36 bits per heavy atom. The second-order valence-electron chi connectivity index (χ2n) is 2.44. The number of hydrogen-bond donors (Lipinski definition) is 1. The normalized spacial score (nSPS) is 13.0. The summed E-state index contributed by atoms with van der Waals surface area (Å²) in [5.41, 5.74) is 6.10. The fourth-order valence-electron chi connectivity index (χ4n) is 0.565. The highest BCUT2D eigenvalue weighted by molar-refractivity contribution is 5.11. The van der Waals surface area contributed by atoms with Gasteiger partial charge in [-0.1, -0.05) is 5.16 Å². The maximum Gasteiger partial charge on any atom is 0.278 e. The molecule has 1 unspecified atom stereocenters. The zero-order chi connectivity index (χ0) is 8.27. The molecule has 0 bridgehead atoms. The molecule has 1 heterocycles. The maximum absolute atomic E-state index is 5.46. The molecule has 0 aliphatic heterocycles. The van der Waals surface area contributed by atoms with E-state index in [1.54, 1.807) is 6.92 Å². The second kappa shape index (κ2) is 3.34. The van der Waals surface area contributed by atoms with Gasteiger partial charge in [-0.3, -0.25) is 0 Å². The molecule has 0 fully saturated rings. The van der Waals surface area contributed by atoms with Gasteiger partial charge in [-0.15, -0.1) is 0 Å². The molecule has 62 valence electrons. The number of aromatic nitrogens is 2. The molecule has 0 aromatic carbocycles. The van der Waals surface area contributed by atoms with E-state index >= 15 is 0 Å². The van der Waals surface area contributed by atoms with Gasteiger partial charge in [0.15, 0.2) is 0 Å². The minimum Gasteiger partial charge on any atom is -0.473 e. The standard InChI is InChI=1S/C6H11N3O2/c1-4(7)3-10-6-5(2)8-11-9-6/h4H,3,7H2,1-2H3. The van der Waals surface area contributed by atoms with Gasteiger partial charge in [0.2, 0.25) is 0 Å². The van der Waals surface area contributed by atoms with Crippen molar-refractivity contribution in [3.63, 3.8) is 0 Å². The summed E-state index contributed by atoms with van der Waals surface area (Å²) >= 11 is 0. The molecule has 0 aliphatic carbocycles. The first-order valence-corrected chi connectivity index (χ1v) is 3.37. The van der Waals surface area contributed by atoms with E-state index in [0.717, 1.165) is 0 Å². The van der Waals surface area contributed by atoms with Crippen LogP contribution in [0.3, 0.4) is 0 Å². The summed E-state index contributed by atoms with van der Waals surface area (Å²) in [4.78, 5) is 0. The monoisotopic (exact) mass is 157 g/mol. The lowest BCUT2D eigenvalue weighted by Crippen LogP contribution is -2.23. The predicted molar refractivity (Wildman–Crippen MR) is 38.2 cm³/mol. The summed E-state index contributed by atoms with van der Waals surface area (Å²) in [7, 11) is 0. The van der Waals surface area contributed by atoms with E-state index in [9.17, 15) is 0 Å². The Labute approximate surface area is 64.5 Å². The van der Waals surface area contributed by atoms with Crippen molar-refractivity contribution in [2.24, 2.45) is 5.73 Å². The van der Waals surface area contributed by atoms with Crippen LogP contribution in [0.2, 0.25) is 0 Å². The lowest BCUT2D eigenvalue weighted by atomic mass is 10.4. The minimum absolute atomic E-state index is 0.00824. The molecule has 5 nitrogen and oxygen atoms in total. The Morgan fingerprint density at radius 1 is 1.64 bits per heavy atom. The molecule has 0 saturated heterocycles. The van der Waals surface area contributed by atoms with Crippen LogP contribution in [-0.2, 0) is 0 Å². The molecular weight excluding hydrogens is 146 g/mol. The number of ether oxygens (including phenoxy) is 1. The highest BCUT2D eigenvalue weighted by Gasteiger charge is 2.05. The van der Waals surface area contributed by atoms with E-state index in [0.29, 0.717) is 18.2 Å². The molecule has 0 aliphatic rings. The van der Waals surface area contributed by atoms with Crippen molar-refractivity contribution in [1.29, 1.82) is 0 Å². The quantitative estimate of drug-likeness (QED) is 0.673. The Kier molecular flexibility index (Phi) is 2.43. The van der Waals surface area contributed by atoms with E-state index < -0.39 is 0 Å². The van der Waals surface area contributed by atoms with Crippen LogP contribution >= 0.6 is 0 Å². The number of aryl methyl sites for hydroxylation is 1. The van der Waals surface area contributed by atoms with Crippen molar-refractivity contribution in [3.8, 4) is 5.88 Å². The lowest BCUT2D eigenvalue weighted by molar-refractivity contribution is 0.246. The average molecular weight is 157 g/mol. The predicted octanol–water partition coefficient (Wildman–Crippen LogP) is 0.104. The fourth-order valence-corrected chi connectivity index (χ4v) is 0.565. The SMILES string of the molecule is Cc1nonc1OCC(C)N. The number of nitrogens with zero attached hydrogens (tertiary/aromatic N) is 2. The maximum atomic E-state index is 5.46. The smallest absolute Gasteiger partial charge is 0.278 e. The van der Waals surface area contributed by atoms with Crippen LogP contribution in [-0.4, -0.2) is 23.0 Å². The van der Waals surface area contributed by atoms with Gasteiger partial charge in [-0.05, 0) is 19.0 Å². The average Bonchev–Trinajstić information content (AvgIpc) is 2.31. The molecule has 1 aromatic rings. The Balaban J connectivity index is 2.44. The van der Waals surface area contributed by atoms with Crippen molar-refractivity contribution in [2.75, 3.05) is 6.61 Å². The van der Waals surface area contributed by atoms with Crippen LogP contribution in [0.25, 0.3) is 0 Å². The lowest BCUT2D eigenvalue weighted by Gasteiger charge is -2.04. The number of hydrogen-bond acceptors (Lipinski definition) is 5. The van der Waals surface area contributed by atoms with Crippen LogP contribution in [0.1, 0.15) is 12.6 Å². The molecule has 1 rings (SSSR count). The van der Waals surface area contributed by atoms with Crippen LogP contribution in [0, 0.1) is 6.92 Å². The molecule has 11 heavy (non-hydrogen) atoms. The summed E-state index contributed by atoms with van der Waals surface area (Å²) in [5.74, 6) is 0.419. The molecule has 5 heteroatoms. The highest BCUT2D eigenvalue weighted by atomic mass is 16.6. The third-order valence-electron chi connectivity index (χ3n) is 1.09. The van der Waals surface area contributed by atoms with Crippen LogP contribution in [0.5, 0.6) is 5.88 Å². The summed E-state index contributed by atoms with van der Waals surface area (Å²) in [6.07, 6.45) is 0. The topological polar surface area (TPSA) is 74.2 Å². The zero-order valence-corrected chi connectivity index (χ0v) is 6.57.